The van der Waals surface area contributed by atoms with Crippen molar-refractivity contribution < 1.29 is 38.0 Å². The number of rotatable bonds is 14. The van der Waals surface area contributed by atoms with Gasteiger partial charge < -0.3 is 15.0 Å². The number of fused-ring (bicyclic) bond motifs is 2. The monoisotopic (exact) mass is 1220 g/mol. The smallest absolute Gasteiger partial charge is 0.245 e. The van der Waals surface area contributed by atoms with Gasteiger partial charge in [0.15, 0.2) is 17.3 Å². The Hall–Kier alpha value is -7.57. The quantitative estimate of drug-likeness (QED) is 0.0353. The molecule has 2 saturated heterocycles. The minimum Gasteiger partial charge on any atom is -0.411 e. The third kappa shape index (κ3) is 13.5. The number of oxime groups is 1. The van der Waals surface area contributed by atoms with E-state index in [-0.39, 0.29) is 102 Å². The number of nitrogens with zero attached hydrogens (tertiary/aromatic N) is 13. The molecule has 2 aliphatic heterocycles. The molecule has 0 spiro atoms. The Labute approximate surface area is 476 Å². The highest BCUT2D eigenvalue weighted by molar-refractivity contribution is 9.10. The SMILES string of the molecule is C.C/C(=N\O)c1nn(CC(=O)N2C[C@H](F)C[C@H]2C(=O)Cc2cccc(Br)n2)c2ccc(-c3cnc(C)nc3)cc12.CC(=O)c1nn(CC(=O)N2C[C@H](F)C[C@H]2C(=O)Cc2cccc(Br)n2)c2ccc(-c3cnc(C)nc3)cc12.S. The lowest BCUT2D eigenvalue weighted by molar-refractivity contribution is -0.138. The van der Waals surface area contributed by atoms with E-state index in [1.807, 2.05) is 30.3 Å². The van der Waals surface area contributed by atoms with Crippen molar-refractivity contribution in [3.8, 4) is 22.3 Å². The number of ketones is 3. The van der Waals surface area contributed by atoms with Gasteiger partial charge in [-0.25, -0.2) is 38.7 Å². The normalized spacial score (nSPS) is 17.0. The van der Waals surface area contributed by atoms with Crippen LogP contribution < -0.4 is 0 Å². The van der Waals surface area contributed by atoms with E-state index < -0.39 is 36.2 Å². The van der Waals surface area contributed by atoms with Gasteiger partial charge in [0.05, 0.1) is 49.0 Å². The fourth-order valence-electron chi connectivity index (χ4n) is 9.48. The van der Waals surface area contributed by atoms with Crippen LogP contribution >= 0.6 is 45.4 Å². The number of carbonyl (C=O) groups is 5. The van der Waals surface area contributed by atoms with Crippen LogP contribution in [0.15, 0.2) is 112 Å². The fourth-order valence-corrected chi connectivity index (χ4v) is 10.2. The van der Waals surface area contributed by atoms with Crippen molar-refractivity contribution in [1.29, 1.82) is 0 Å². The van der Waals surface area contributed by atoms with E-state index >= 15 is 0 Å². The molecule has 8 aromatic rings. The summed E-state index contributed by atoms with van der Waals surface area (Å²) in [7, 11) is 0. The van der Waals surface area contributed by atoms with Gasteiger partial charge in [-0.15, -0.1) is 0 Å². The number of hydrogen-bond donors (Lipinski definition) is 1. The third-order valence-electron chi connectivity index (χ3n) is 13.3. The molecule has 2 aliphatic rings. The molecule has 79 heavy (non-hydrogen) atoms. The van der Waals surface area contributed by atoms with Gasteiger partial charge in [0.1, 0.15) is 63.4 Å². The Kier molecular flexibility index (Phi) is 19.1. The van der Waals surface area contributed by atoms with Crippen molar-refractivity contribution in [1.82, 2.24) is 59.3 Å². The van der Waals surface area contributed by atoms with Crippen molar-refractivity contribution in [2.45, 2.75) is 98.3 Å². The Morgan fingerprint density at radius 1 is 0.620 bits per heavy atom. The van der Waals surface area contributed by atoms with Crippen molar-refractivity contribution >= 4 is 102 Å². The summed E-state index contributed by atoms with van der Waals surface area (Å²) in [6.45, 7) is 5.83. The molecule has 4 atom stereocenters. The standard InChI is InChI=1S/C27H25BrFN7O3.C27H24BrFN6O3.CH4.H2S/c1-15(34-39)27-21-8-17(18-11-30-16(2)31-12-18)6-7-22(21)36(33-27)14-26(38)35-13-19(29)9-23(35)24(37)10-20-4-3-5-25(28)32-20;1-15(36)27-21-8-17(18-11-30-16(2)31-12-18)6-7-22(21)35(33-27)14-26(38)34-13-19(29)9-23(34)24(37)10-20-4-3-5-25(28)32-20;;/h3-8,11-12,19,23,39H,9-10,13-14H2,1-2H3;3-8,11-12,19,23H,9-10,13-14H2,1-2H3;1H4;1H2/b34-15+;;;/t2*19-,23+;;/m11../s1. The lowest BCUT2D eigenvalue weighted by Crippen LogP contribution is -2.43. The second-order valence-corrected chi connectivity index (χ2v) is 20.4. The van der Waals surface area contributed by atoms with E-state index in [1.165, 1.54) is 26.1 Å². The average molecular weight is 1220 g/mol. The van der Waals surface area contributed by atoms with Crippen LogP contribution in [-0.2, 0) is 45.1 Å². The molecule has 0 aliphatic carbocycles. The van der Waals surface area contributed by atoms with E-state index in [0.29, 0.717) is 59.7 Å². The number of Topliss-reactive ketones (excluding diaryl/α,β-unsaturated/α-hetero) is 3. The second kappa shape index (κ2) is 25.5. The predicted molar refractivity (Wildman–Crippen MR) is 303 cm³/mol. The van der Waals surface area contributed by atoms with Crippen LogP contribution in [0.25, 0.3) is 44.1 Å². The molecule has 2 aromatic carbocycles. The van der Waals surface area contributed by atoms with Gasteiger partial charge in [0, 0.05) is 77.8 Å². The lowest BCUT2D eigenvalue weighted by atomic mass is 10.0. The minimum atomic E-state index is -1.30. The molecule has 0 saturated carbocycles. The van der Waals surface area contributed by atoms with Gasteiger partial charge >= 0.3 is 0 Å². The van der Waals surface area contributed by atoms with Crippen molar-refractivity contribution in [2.75, 3.05) is 13.1 Å². The second-order valence-electron chi connectivity index (χ2n) is 18.7. The maximum absolute atomic E-state index is 14.5. The Bertz CT molecular complexity index is 3620. The number of amides is 2. The zero-order valence-corrected chi connectivity index (χ0v) is 46.7. The third-order valence-corrected chi connectivity index (χ3v) is 14.1. The highest BCUT2D eigenvalue weighted by Crippen LogP contribution is 2.31. The van der Waals surface area contributed by atoms with E-state index in [1.54, 1.807) is 88.0 Å². The van der Waals surface area contributed by atoms with Gasteiger partial charge in [-0.1, -0.05) is 36.8 Å². The average Bonchev–Trinajstić information content (AvgIpc) is 4.29. The Balaban J connectivity index is 0.000000223. The summed E-state index contributed by atoms with van der Waals surface area (Å²) in [5, 5.41) is 22.9. The molecule has 410 valence electrons. The number of aryl methyl sites for hydroxylation is 2. The number of alkyl halides is 2. The molecule has 19 nitrogen and oxygen atoms in total. The lowest BCUT2D eigenvalue weighted by Gasteiger charge is -2.23. The van der Waals surface area contributed by atoms with Gasteiger partial charge in [0.2, 0.25) is 11.8 Å². The first-order chi connectivity index (χ1) is 36.9. The van der Waals surface area contributed by atoms with Crippen LogP contribution in [-0.4, -0.2) is 137 Å². The van der Waals surface area contributed by atoms with Crippen LogP contribution in [0.4, 0.5) is 8.78 Å². The predicted octanol–water partition coefficient (Wildman–Crippen LogP) is 8.57. The van der Waals surface area contributed by atoms with E-state index in [9.17, 15) is 38.0 Å². The minimum absolute atomic E-state index is 0. The van der Waals surface area contributed by atoms with Gasteiger partial charge in [-0.05, 0) is 112 Å². The molecule has 2 fully saturated rings. The highest BCUT2D eigenvalue weighted by atomic mass is 79.9. The topological polar surface area (TPSA) is 237 Å². The van der Waals surface area contributed by atoms with Crippen molar-refractivity contribution in [3.63, 3.8) is 0 Å². The van der Waals surface area contributed by atoms with Gasteiger partial charge in [0.25, 0.3) is 0 Å². The first kappa shape index (κ1) is 59.1. The van der Waals surface area contributed by atoms with E-state index in [0.717, 1.165) is 22.3 Å². The largest absolute Gasteiger partial charge is 0.411 e. The van der Waals surface area contributed by atoms with Crippen LogP contribution in [0.1, 0.15) is 73.3 Å². The van der Waals surface area contributed by atoms with Crippen molar-refractivity contribution in [3.05, 3.63) is 141 Å². The Morgan fingerprint density at radius 3 is 1.42 bits per heavy atom. The summed E-state index contributed by atoms with van der Waals surface area (Å²) in [5.41, 5.74) is 6.37. The summed E-state index contributed by atoms with van der Waals surface area (Å²) in [5.74, 6) is -0.373. The molecule has 10 rings (SSSR count). The molecule has 2 amide bonds. The molecule has 0 radical (unpaired) electrons. The number of benzene rings is 2. The van der Waals surface area contributed by atoms with Gasteiger partial charge in [-0.3, -0.25) is 33.3 Å². The van der Waals surface area contributed by atoms with Crippen LogP contribution in [0, 0.1) is 13.8 Å². The Morgan fingerprint density at radius 2 is 1.03 bits per heavy atom. The fraction of sp³-hybridized carbons (Fsp3) is 0.309. The van der Waals surface area contributed by atoms with E-state index in [4.69, 9.17) is 0 Å². The zero-order valence-electron chi connectivity index (χ0n) is 42.5. The summed E-state index contributed by atoms with van der Waals surface area (Å²) in [6, 6.07) is 19.7. The molecule has 0 bridgehead atoms. The number of hydrogen-bond acceptors (Lipinski definition) is 15. The van der Waals surface area contributed by atoms with Crippen LogP contribution in [0.2, 0.25) is 0 Å². The number of pyridine rings is 2. The first-order valence-corrected chi connectivity index (χ1v) is 26.0. The van der Waals surface area contributed by atoms with Crippen LogP contribution in [0.5, 0.6) is 0 Å². The van der Waals surface area contributed by atoms with Crippen LogP contribution in [0.3, 0.4) is 0 Å². The zero-order chi connectivity index (χ0) is 54.7. The molecular formula is C55H55Br2F2N13O6S. The highest BCUT2D eigenvalue weighted by Gasteiger charge is 2.41. The summed E-state index contributed by atoms with van der Waals surface area (Å²) in [4.78, 5) is 93.4. The number of aromatic nitrogens is 10. The molecule has 24 heteroatoms. The number of likely N-dealkylation sites (tertiary alicyclic amines) is 2. The van der Waals surface area contributed by atoms with Crippen molar-refractivity contribution in [2.24, 2.45) is 5.16 Å². The summed E-state index contributed by atoms with van der Waals surface area (Å²) in [6.07, 6.45) is 4.10. The molecule has 1 N–H and O–H groups in total. The maximum Gasteiger partial charge on any atom is 0.245 e. The molecular weight excluding hydrogens is 1170 g/mol. The summed E-state index contributed by atoms with van der Waals surface area (Å²) >= 11 is 6.57. The first-order valence-electron chi connectivity index (χ1n) is 24.4. The molecule has 8 heterocycles. The molecule has 6 aromatic heterocycles. The maximum atomic E-state index is 14.5. The molecule has 0 unspecified atom stereocenters. The summed E-state index contributed by atoms with van der Waals surface area (Å²) < 4.78 is 33.0. The van der Waals surface area contributed by atoms with E-state index in [2.05, 4.69) is 77.1 Å². The number of halogens is 4. The number of carbonyl (C=O) groups excluding carboxylic acids is 5. The van der Waals surface area contributed by atoms with Gasteiger partial charge in [-0.2, -0.15) is 23.7 Å².